The van der Waals surface area contributed by atoms with Gasteiger partial charge in [0.15, 0.2) is 0 Å². The quantitative estimate of drug-likeness (QED) is 0.293. The molecule has 7 atom stereocenters. The Morgan fingerprint density at radius 1 is 0.913 bits per heavy atom. The molecule has 0 amide bonds. The summed E-state index contributed by atoms with van der Waals surface area (Å²) in [6, 6.07) is 0. The molecule has 0 radical (unpaired) electrons. The van der Waals surface area contributed by atoms with Crippen LogP contribution in [0.25, 0.3) is 0 Å². The van der Waals surface area contributed by atoms with Crippen LogP contribution in [0, 0.1) is 17.8 Å². The van der Waals surface area contributed by atoms with E-state index in [1.54, 1.807) is 0 Å². The second-order valence-corrected chi connectivity index (χ2v) is 9.54. The van der Waals surface area contributed by atoms with Gasteiger partial charge in [0.1, 0.15) is 18.5 Å². The van der Waals surface area contributed by atoms with Crippen molar-refractivity contribution in [3.8, 4) is 0 Å². The molecule has 0 aromatic heterocycles. The maximum atomic E-state index is 14.6. The summed E-state index contributed by atoms with van der Waals surface area (Å²) in [5, 5.41) is 0. The lowest BCUT2D eigenvalue weighted by Crippen LogP contribution is -2.37. The average molecular weight is 444 g/mol. The van der Waals surface area contributed by atoms with E-state index in [0.29, 0.717) is 18.8 Å². The minimum absolute atomic E-state index is 0.0191. The molecular weight excluding hydrogens is 412 g/mol. The van der Waals surface area contributed by atoms with Crippen LogP contribution in [-0.4, -0.2) is 22.4 Å². The second kappa shape index (κ2) is 9.86. The summed E-state index contributed by atoms with van der Waals surface area (Å²) < 4.78 is 42.2. The summed E-state index contributed by atoms with van der Waals surface area (Å²) in [6.45, 7) is 2.22. The molecule has 0 aromatic rings. The number of halogens is 4. The largest absolute Gasteiger partial charge is 0.247 e. The van der Waals surface area contributed by atoms with E-state index < -0.39 is 18.5 Å². The molecule has 2 saturated carbocycles. The fraction of sp³-hybridized carbons (Fsp3) is 1.00. The van der Waals surface area contributed by atoms with Crippen molar-refractivity contribution in [3.63, 3.8) is 0 Å². The van der Waals surface area contributed by atoms with E-state index in [1.165, 1.54) is 25.7 Å². The minimum Gasteiger partial charge on any atom is -0.247 e. The highest BCUT2D eigenvalue weighted by Gasteiger charge is 2.40. The van der Waals surface area contributed by atoms with E-state index >= 15 is 0 Å². The second-order valence-electron chi connectivity index (χ2n) is 7.78. The maximum Gasteiger partial charge on any atom is 0.131 e. The van der Waals surface area contributed by atoms with Gasteiger partial charge in [-0.15, -0.1) is 0 Å². The van der Waals surface area contributed by atoms with Crippen LogP contribution in [0.1, 0.15) is 77.6 Å². The topological polar surface area (TPSA) is 0 Å². The van der Waals surface area contributed by atoms with Crippen LogP contribution >= 0.6 is 22.6 Å². The van der Waals surface area contributed by atoms with Crippen LogP contribution in [0.15, 0.2) is 0 Å². The van der Waals surface area contributed by atoms with E-state index in [9.17, 15) is 13.2 Å². The monoisotopic (exact) mass is 444 g/mol. The van der Waals surface area contributed by atoms with Gasteiger partial charge in [-0.05, 0) is 69.1 Å². The Bertz CT molecular complexity index is 339. The van der Waals surface area contributed by atoms with Gasteiger partial charge in [-0.3, -0.25) is 0 Å². The normalized spacial score (nSPS) is 40.0. The first kappa shape index (κ1) is 19.8. The molecule has 0 spiro atoms. The van der Waals surface area contributed by atoms with Crippen LogP contribution in [0.4, 0.5) is 13.2 Å². The molecule has 0 saturated heterocycles. The Balaban J connectivity index is 1.70. The van der Waals surface area contributed by atoms with Crippen LogP contribution in [0.2, 0.25) is 0 Å². The first-order chi connectivity index (χ1) is 11.0. The third-order valence-electron chi connectivity index (χ3n) is 6.00. The molecule has 0 aliphatic heterocycles. The molecule has 136 valence electrons. The zero-order valence-electron chi connectivity index (χ0n) is 14.3. The summed E-state index contributed by atoms with van der Waals surface area (Å²) in [6.07, 6.45) is 6.43. The summed E-state index contributed by atoms with van der Waals surface area (Å²) in [5.41, 5.74) is 0. The molecule has 4 heteroatoms. The standard InChI is InChI=1S/C19H32F3I/c1-2-4-15(23)6-3-5-13-7-9-16(18(21)11-13)14-8-10-17(20)19(22)12-14/h13-19H,2-12H2,1H3. The predicted octanol–water partition coefficient (Wildman–Crippen LogP) is 6.99. The Labute approximate surface area is 153 Å². The number of hydrogen-bond donors (Lipinski definition) is 0. The van der Waals surface area contributed by atoms with Gasteiger partial charge < -0.3 is 0 Å². The highest BCUT2D eigenvalue weighted by Crippen LogP contribution is 2.43. The molecule has 2 aliphatic rings. The van der Waals surface area contributed by atoms with E-state index in [-0.39, 0.29) is 24.7 Å². The SMILES string of the molecule is CCCC(I)CCCC1CCC(C2CCC(F)C(F)C2)C(F)C1. The third kappa shape index (κ3) is 6.07. The number of hydrogen-bond acceptors (Lipinski definition) is 0. The van der Waals surface area contributed by atoms with Crippen molar-refractivity contribution in [2.45, 2.75) is 100.0 Å². The van der Waals surface area contributed by atoms with Gasteiger partial charge in [0, 0.05) is 3.92 Å². The molecule has 23 heavy (non-hydrogen) atoms. The lowest BCUT2D eigenvalue weighted by molar-refractivity contribution is 0.0179. The Kier molecular flexibility index (Phi) is 8.51. The predicted molar refractivity (Wildman–Crippen MR) is 99.4 cm³/mol. The van der Waals surface area contributed by atoms with Gasteiger partial charge in [-0.25, -0.2) is 13.2 Å². The molecule has 0 aromatic carbocycles. The molecule has 2 rings (SSSR count). The van der Waals surface area contributed by atoms with E-state index in [0.717, 1.165) is 23.2 Å². The first-order valence-corrected chi connectivity index (χ1v) is 10.8. The summed E-state index contributed by atoms with van der Waals surface area (Å²) in [7, 11) is 0. The number of rotatable bonds is 7. The van der Waals surface area contributed by atoms with Crippen molar-refractivity contribution < 1.29 is 13.2 Å². The highest BCUT2D eigenvalue weighted by molar-refractivity contribution is 14.1. The van der Waals surface area contributed by atoms with Crippen LogP contribution in [0.5, 0.6) is 0 Å². The summed E-state index contributed by atoms with van der Waals surface area (Å²) >= 11 is 2.54. The van der Waals surface area contributed by atoms with Crippen molar-refractivity contribution >= 4 is 22.6 Å². The van der Waals surface area contributed by atoms with E-state index in [1.807, 2.05) is 0 Å². The molecule has 0 bridgehead atoms. The third-order valence-corrected chi connectivity index (χ3v) is 7.25. The molecule has 2 aliphatic carbocycles. The van der Waals surface area contributed by atoms with Gasteiger partial charge in [0.25, 0.3) is 0 Å². The smallest absolute Gasteiger partial charge is 0.131 e. The zero-order chi connectivity index (χ0) is 16.8. The first-order valence-electron chi connectivity index (χ1n) is 9.57. The van der Waals surface area contributed by atoms with Gasteiger partial charge in [-0.1, -0.05) is 48.8 Å². The van der Waals surface area contributed by atoms with Crippen LogP contribution in [-0.2, 0) is 0 Å². The molecule has 0 nitrogen and oxygen atoms in total. The van der Waals surface area contributed by atoms with Crippen LogP contribution < -0.4 is 0 Å². The lowest BCUT2D eigenvalue weighted by atomic mass is 9.69. The van der Waals surface area contributed by atoms with Gasteiger partial charge >= 0.3 is 0 Å². The summed E-state index contributed by atoms with van der Waals surface area (Å²) in [4.78, 5) is 0. The highest BCUT2D eigenvalue weighted by atomic mass is 127. The lowest BCUT2D eigenvalue weighted by Gasteiger charge is -2.39. The maximum absolute atomic E-state index is 14.6. The van der Waals surface area contributed by atoms with Crippen molar-refractivity contribution in [1.29, 1.82) is 0 Å². The Hall–Kier alpha value is 0.520. The minimum atomic E-state index is -1.36. The van der Waals surface area contributed by atoms with Gasteiger partial charge in [-0.2, -0.15) is 0 Å². The fourth-order valence-electron chi connectivity index (χ4n) is 4.60. The Morgan fingerprint density at radius 2 is 1.70 bits per heavy atom. The molecule has 7 unspecified atom stereocenters. The Morgan fingerprint density at radius 3 is 2.35 bits per heavy atom. The molecule has 0 N–H and O–H groups in total. The summed E-state index contributed by atoms with van der Waals surface area (Å²) in [5.74, 6) is 0.552. The van der Waals surface area contributed by atoms with Crippen LogP contribution in [0.3, 0.4) is 0 Å². The molecule has 0 heterocycles. The number of alkyl halides is 4. The average Bonchev–Trinajstić information content (AvgIpc) is 2.51. The fourth-order valence-corrected chi connectivity index (χ4v) is 5.66. The van der Waals surface area contributed by atoms with E-state index in [2.05, 4.69) is 29.5 Å². The van der Waals surface area contributed by atoms with Crippen molar-refractivity contribution in [2.24, 2.45) is 17.8 Å². The van der Waals surface area contributed by atoms with E-state index in [4.69, 9.17) is 0 Å². The van der Waals surface area contributed by atoms with Gasteiger partial charge in [0.05, 0.1) is 0 Å². The van der Waals surface area contributed by atoms with Crippen molar-refractivity contribution in [1.82, 2.24) is 0 Å². The molecular formula is C19H32F3I. The van der Waals surface area contributed by atoms with Crippen molar-refractivity contribution in [2.75, 3.05) is 0 Å². The van der Waals surface area contributed by atoms with Crippen molar-refractivity contribution in [3.05, 3.63) is 0 Å². The molecule has 2 fully saturated rings. The van der Waals surface area contributed by atoms with Gasteiger partial charge in [0.2, 0.25) is 0 Å². The zero-order valence-corrected chi connectivity index (χ0v) is 16.5.